The van der Waals surface area contributed by atoms with Gasteiger partial charge in [-0.3, -0.25) is 14.3 Å². The molecule has 5 rings (SSSR count). The maximum atomic E-state index is 13.0. The Kier molecular flexibility index (Phi) is 7.16. The van der Waals surface area contributed by atoms with Crippen LogP contribution in [0.1, 0.15) is 16.2 Å². The van der Waals surface area contributed by atoms with Crippen LogP contribution in [0.15, 0.2) is 90.2 Å². The number of hydrogen-bond donors (Lipinski definition) is 0. The van der Waals surface area contributed by atoms with Crippen molar-refractivity contribution in [1.82, 2.24) is 19.7 Å². The Balaban J connectivity index is 1.40. The van der Waals surface area contributed by atoms with E-state index in [1.165, 1.54) is 18.9 Å². The predicted molar refractivity (Wildman–Crippen MR) is 140 cm³/mol. The standard InChI is InChI=1S/C27H21ClN4O3S/c1-34-23-13-12-19(28)15-21(23)22(33)17-36-27-31-30-25(32(27)20-9-3-2-4-10-20)16-35-24-11-5-7-18-8-6-14-29-26(18)24/h2-15H,16-17H2,1H3. The lowest BCUT2D eigenvalue weighted by Crippen LogP contribution is -2.09. The monoisotopic (exact) mass is 516 g/mol. The van der Waals surface area contributed by atoms with Crippen molar-refractivity contribution in [3.05, 3.63) is 101 Å². The number of rotatable bonds is 9. The molecular formula is C27H21ClN4O3S. The molecule has 2 aromatic heterocycles. The van der Waals surface area contributed by atoms with Gasteiger partial charge in [0.05, 0.1) is 18.4 Å². The quantitative estimate of drug-likeness (QED) is 0.175. The molecule has 9 heteroatoms. The smallest absolute Gasteiger partial charge is 0.196 e. The average molecular weight is 517 g/mol. The summed E-state index contributed by atoms with van der Waals surface area (Å²) in [6.07, 6.45) is 1.74. The van der Waals surface area contributed by atoms with Crippen LogP contribution >= 0.6 is 23.4 Å². The Morgan fingerprint density at radius 3 is 2.64 bits per heavy atom. The highest BCUT2D eigenvalue weighted by molar-refractivity contribution is 7.99. The van der Waals surface area contributed by atoms with E-state index >= 15 is 0 Å². The molecule has 0 saturated heterocycles. The minimum atomic E-state index is -0.124. The fourth-order valence-electron chi connectivity index (χ4n) is 3.76. The van der Waals surface area contributed by atoms with E-state index in [9.17, 15) is 4.79 Å². The molecule has 0 fully saturated rings. The zero-order valence-electron chi connectivity index (χ0n) is 19.3. The number of ketones is 1. The average Bonchev–Trinajstić information content (AvgIpc) is 3.33. The number of Topliss-reactive ketones (excluding diaryl/α,β-unsaturated/α-hetero) is 1. The summed E-state index contributed by atoms with van der Waals surface area (Å²) < 4.78 is 13.4. The lowest BCUT2D eigenvalue weighted by molar-refractivity contribution is 0.101. The normalized spacial score (nSPS) is 10.9. The molecule has 180 valence electrons. The van der Waals surface area contributed by atoms with Gasteiger partial charge in [-0.2, -0.15) is 0 Å². The highest BCUT2D eigenvalue weighted by Gasteiger charge is 2.19. The van der Waals surface area contributed by atoms with E-state index in [-0.39, 0.29) is 18.1 Å². The van der Waals surface area contributed by atoms with Crippen LogP contribution in [-0.2, 0) is 6.61 Å². The lowest BCUT2D eigenvalue weighted by atomic mass is 10.1. The predicted octanol–water partition coefficient (Wildman–Crippen LogP) is 6.03. The third-order valence-electron chi connectivity index (χ3n) is 5.46. The fraction of sp³-hybridized carbons (Fsp3) is 0.111. The molecule has 0 unspecified atom stereocenters. The minimum Gasteiger partial charge on any atom is -0.496 e. The summed E-state index contributed by atoms with van der Waals surface area (Å²) in [5, 5.41) is 10.8. The molecule has 36 heavy (non-hydrogen) atoms. The summed E-state index contributed by atoms with van der Waals surface area (Å²) in [7, 11) is 1.52. The molecule has 0 N–H and O–H groups in total. The number of carbonyl (C=O) groups is 1. The second-order valence-electron chi connectivity index (χ2n) is 7.75. The third kappa shape index (κ3) is 5.05. The van der Waals surface area contributed by atoms with Crippen LogP contribution in [0.25, 0.3) is 16.6 Å². The summed E-state index contributed by atoms with van der Waals surface area (Å²) in [5.74, 6) is 1.75. The minimum absolute atomic E-state index is 0.124. The molecule has 5 aromatic rings. The Labute approximate surface area is 217 Å². The van der Waals surface area contributed by atoms with Crippen LogP contribution in [0, 0.1) is 0 Å². The number of para-hydroxylation sites is 2. The molecule has 0 aliphatic rings. The van der Waals surface area contributed by atoms with E-state index in [2.05, 4.69) is 15.2 Å². The first-order chi connectivity index (χ1) is 17.6. The first-order valence-electron chi connectivity index (χ1n) is 11.1. The van der Waals surface area contributed by atoms with Crippen molar-refractivity contribution in [2.45, 2.75) is 11.8 Å². The van der Waals surface area contributed by atoms with E-state index in [0.29, 0.717) is 33.1 Å². The van der Waals surface area contributed by atoms with E-state index in [1.54, 1.807) is 24.4 Å². The summed E-state index contributed by atoms with van der Waals surface area (Å²) in [6, 6.07) is 24.4. The van der Waals surface area contributed by atoms with Crippen LogP contribution in [0.2, 0.25) is 5.02 Å². The zero-order valence-corrected chi connectivity index (χ0v) is 20.9. The van der Waals surface area contributed by atoms with Crippen molar-refractivity contribution in [2.75, 3.05) is 12.9 Å². The van der Waals surface area contributed by atoms with Gasteiger partial charge in [-0.1, -0.05) is 59.8 Å². The lowest BCUT2D eigenvalue weighted by Gasteiger charge is -2.12. The van der Waals surface area contributed by atoms with E-state index in [4.69, 9.17) is 21.1 Å². The molecule has 0 spiro atoms. The molecule has 0 radical (unpaired) electrons. The topological polar surface area (TPSA) is 79.1 Å². The number of fused-ring (bicyclic) bond motifs is 1. The van der Waals surface area contributed by atoms with E-state index in [1.807, 2.05) is 65.2 Å². The van der Waals surface area contributed by atoms with E-state index in [0.717, 1.165) is 16.6 Å². The van der Waals surface area contributed by atoms with Crippen molar-refractivity contribution in [3.8, 4) is 17.2 Å². The van der Waals surface area contributed by atoms with Crippen LogP contribution in [0.3, 0.4) is 0 Å². The number of hydrogen-bond acceptors (Lipinski definition) is 7. The van der Waals surface area contributed by atoms with Crippen molar-refractivity contribution < 1.29 is 14.3 Å². The highest BCUT2D eigenvalue weighted by atomic mass is 35.5. The van der Waals surface area contributed by atoms with Gasteiger partial charge in [0.1, 0.15) is 23.6 Å². The number of benzene rings is 3. The first-order valence-corrected chi connectivity index (χ1v) is 12.5. The molecule has 7 nitrogen and oxygen atoms in total. The first kappa shape index (κ1) is 23.8. The molecule has 0 bridgehead atoms. The van der Waals surface area contributed by atoms with Gasteiger partial charge in [0.25, 0.3) is 0 Å². The van der Waals surface area contributed by atoms with Gasteiger partial charge in [0.15, 0.2) is 16.8 Å². The van der Waals surface area contributed by atoms with Gasteiger partial charge in [0.2, 0.25) is 0 Å². The SMILES string of the molecule is COc1ccc(Cl)cc1C(=O)CSc1nnc(COc2cccc3cccnc23)n1-c1ccccc1. The second kappa shape index (κ2) is 10.8. The van der Waals surface area contributed by atoms with Crippen LogP contribution in [0.5, 0.6) is 11.5 Å². The highest BCUT2D eigenvalue weighted by Crippen LogP contribution is 2.28. The molecule has 2 heterocycles. The van der Waals surface area contributed by atoms with Gasteiger partial charge < -0.3 is 9.47 Å². The van der Waals surface area contributed by atoms with Gasteiger partial charge in [-0.25, -0.2) is 0 Å². The number of aromatic nitrogens is 4. The maximum Gasteiger partial charge on any atom is 0.196 e. The van der Waals surface area contributed by atoms with Crippen LogP contribution < -0.4 is 9.47 Å². The zero-order chi connectivity index (χ0) is 24.9. The molecule has 0 aliphatic heterocycles. The fourth-order valence-corrected chi connectivity index (χ4v) is 4.79. The number of halogens is 1. The summed E-state index contributed by atoms with van der Waals surface area (Å²) in [5.41, 5.74) is 2.07. The summed E-state index contributed by atoms with van der Waals surface area (Å²) in [4.78, 5) is 17.4. The number of methoxy groups -OCH3 is 1. The molecule has 0 atom stereocenters. The Bertz CT molecular complexity index is 1520. The molecule has 0 amide bonds. The molecule has 0 saturated carbocycles. The molecule has 3 aromatic carbocycles. The number of nitrogens with zero attached hydrogens (tertiary/aromatic N) is 4. The van der Waals surface area contributed by atoms with Crippen molar-refractivity contribution in [2.24, 2.45) is 0 Å². The van der Waals surface area contributed by atoms with Crippen molar-refractivity contribution in [3.63, 3.8) is 0 Å². The van der Waals surface area contributed by atoms with Gasteiger partial charge in [-0.15, -0.1) is 10.2 Å². The summed E-state index contributed by atoms with van der Waals surface area (Å²) in [6.45, 7) is 0.175. The van der Waals surface area contributed by atoms with Crippen molar-refractivity contribution in [1.29, 1.82) is 0 Å². The largest absolute Gasteiger partial charge is 0.496 e. The second-order valence-corrected chi connectivity index (χ2v) is 9.13. The molecular weight excluding hydrogens is 496 g/mol. The number of pyridine rings is 1. The summed E-state index contributed by atoms with van der Waals surface area (Å²) >= 11 is 7.39. The Hall–Kier alpha value is -3.88. The maximum absolute atomic E-state index is 13.0. The molecule has 0 aliphatic carbocycles. The Morgan fingerprint density at radius 2 is 1.81 bits per heavy atom. The van der Waals surface area contributed by atoms with Crippen LogP contribution in [-0.4, -0.2) is 38.4 Å². The number of ether oxygens (including phenoxy) is 2. The van der Waals surface area contributed by atoms with E-state index < -0.39 is 0 Å². The van der Waals surface area contributed by atoms with Gasteiger partial charge in [0, 0.05) is 22.3 Å². The van der Waals surface area contributed by atoms with Gasteiger partial charge >= 0.3 is 0 Å². The van der Waals surface area contributed by atoms with Crippen molar-refractivity contribution >= 4 is 40.0 Å². The number of carbonyl (C=O) groups excluding carboxylic acids is 1. The van der Waals surface area contributed by atoms with Gasteiger partial charge in [-0.05, 0) is 42.5 Å². The number of thioether (sulfide) groups is 1. The third-order valence-corrected chi connectivity index (χ3v) is 6.63. The Morgan fingerprint density at radius 1 is 0.972 bits per heavy atom. The van der Waals surface area contributed by atoms with Crippen LogP contribution in [0.4, 0.5) is 0 Å².